The highest BCUT2D eigenvalue weighted by atomic mass is 16.5. The van der Waals surface area contributed by atoms with E-state index in [0.717, 1.165) is 19.3 Å². The second-order valence-electron chi connectivity index (χ2n) is 4.89. The van der Waals surface area contributed by atoms with Crippen molar-refractivity contribution in [3.8, 4) is 0 Å². The van der Waals surface area contributed by atoms with E-state index in [-0.39, 0.29) is 25.0 Å². The van der Waals surface area contributed by atoms with Gasteiger partial charge >= 0.3 is 12.1 Å². The summed E-state index contributed by atoms with van der Waals surface area (Å²) >= 11 is 0. The highest BCUT2D eigenvalue weighted by molar-refractivity contribution is 5.92. The molecule has 1 aliphatic carbocycles. The molecule has 2 unspecified atom stereocenters. The number of amides is 2. The summed E-state index contributed by atoms with van der Waals surface area (Å²) in [6, 6.07) is 0. The minimum atomic E-state index is -0.771. The Hall–Kier alpha value is -1.63. The van der Waals surface area contributed by atoms with E-state index in [0.29, 0.717) is 13.0 Å². The van der Waals surface area contributed by atoms with Crippen molar-refractivity contribution in [3.05, 3.63) is 0 Å². The van der Waals surface area contributed by atoms with Crippen molar-refractivity contribution in [1.82, 2.24) is 10.6 Å². The third-order valence-electron chi connectivity index (χ3n) is 3.44. The number of carbonyl (C=O) groups is 3. The summed E-state index contributed by atoms with van der Waals surface area (Å²) in [6.45, 7) is 2.29. The summed E-state index contributed by atoms with van der Waals surface area (Å²) in [5.41, 5.74) is 0. The van der Waals surface area contributed by atoms with Gasteiger partial charge in [0, 0.05) is 0 Å². The molecule has 1 fully saturated rings. The van der Waals surface area contributed by atoms with Crippen molar-refractivity contribution in [2.45, 2.75) is 32.6 Å². The first-order chi connectivity index (χ1) is 9.54. The number of aliphatic carboxylic acids is 1. The van der Waals surface area contributed by atoms with Gasteiger partial charge in [0.15, 0.2) is 0 Å². The van der Waals surface area contributed by atoms with Crippen molar-refractivity contribution in [1.29, 1.82) is 0 Å². The van der Waals surface area contributed by atoms with Crippen molar-refractivity contribution in [2.24, 2.45) is 11.8 Å². The average molecular weight is 286 g/mol. The van der Waals surface area contributed by atoms with Gasteiger partial charge in [-0.1, -0.05) is 12.8 Å². The molecular weight excluding hydrogens is 264 g/mol. The Labute approximate surface area is 118 Å². The first kappa shape index (κ1) is 16.4. The van der Waals surface area contributed by atoms with E-state index in [4.69, 9.17) is 5.11 Å². The van der Waals surface area contributed by atoms with Crippen LogP contribution < -0.4 is 10.6 Å². The molecule has 0 aliphatic heterocycles. The van der Waals surface area contributed by atoms with Crippen molar-refractivity contribution in [3.63, 3.8) is 0 Å². The first-order valence-electron chi connectivity index (χ1n) is 6.94. The maximum atomic E-state index is 11.4. The molecule has 20 heavy (non-hydrogen) atoms. The number of hydrogen-bond acceptors (Lipinski definition) is 5. The van der Waals surface area contributed by atoms with E-state index in [9.17, 15) is 14.4 Å². The van der Waals surface area contributed by atoms with Gasteiger partial charge in [-0.3, -0.25) is 14.9 Å². The Morgan fingerprint density at radius 2 is 1.95 bits per heavy atom. The van der Waals surface area contributed by atoms with Crippen LogP contribution in [0.1, 0.15) is 32.6 Å². The topological polar surface area (TPSA) is 105 Å². The van der Waals surface area contributed by atoms with Crippen LogP contribution in [-0.4, -0.2) is 42.8 Å². The average Bonchev–Trinajstić information content (AvgIpc) is 2.39. The van der Waals surface area contributed by atoms with Gasteiger partial charge in [-0.05, 0) is 32.2 Å². The molecule has 0 aromatic rings. The molecule has 0 aromatic carbocycles. The minimum Gasteiger partial charge on any atom is -0.481 e. The van der Waals surface area contributed by atoms with Crippen LogP contribution in [0, 0.1) is 11.8 Å². The number of hydrogen-bond donors (Lipinski definition) is 3. The maximum Gasteiger partial charge on any atom is 0.413 e. The second kappa shape index (κ2) is 8.52. The molecule has 0 radical (unpaired) electrons. The van der Waals surface area contributed by atoms with Gasteiger partial charge in [-0.2, -0.15) is 0 Å². The van der Waals surface area contributed by atoms with Gasteiger partial charge in [0.1, 0.15) is 0 Å². The van der Waals surface area contributed by atoms with Crippen LogP contribution in [0.25, 0.3) is 0 Å². The number of nitrogens with one attached hydrogen (secondary N) is 2. The number of carboxylic acid groups (broad SMARTS) is 1. The van der Waals surface area contributed by atoms with Crippen molar-refractivity contribution >= 4 is 18.0 Å². The molecule has 1 rings (SSSR count). The summed E-state index contributed by atoms with van der Waals surface area (Å²) in [6.07, 6.45) is 2.74. The van der Waals surface area contributed by atoms with Gasteiger partial charge in [-0.15, -0.1) is 0 Å². The van der Waals surface area contributed by atoms with Crippen LogP contribution in [0.3, 0.4) is 0 Å². The molecule has 7 nitrogen and oxygen atoms in total. The zero-order valence-corrected chi connectivity index (χ0v) is 11.7. The van der Waals surface area contributed by atoms with Gasteiger partial charge in [0.25, 0.3) is 0 Å². The quantitative estimate of drug-likeness (QED) is 0.665. The lowest BCUT2D eigenvalue weighted by atomic mass is 9.79. The lowest BCUT2D eigenvalue weighted by Gasteiger charge is -2.28. The van der Waals surface area contributed by atoms with Crippen LogP contribution >= 0.6 is 0 Å². The standard InChI is InChI=1S/C13H22N2O5/c1-2-20-13(19)15-11(16)8-14-7-9-5-3-4-6-10(9)12(17)18/h9-10,14H,2-8H2,1H3,(H,17,18)(H,15,16,19). The molecule has 0 bridgehead atoms. The predicted octanol–water partition coefficient (Wildman–Crippen LogP) is 0.740. The van der Waals surface area contributed by atoms with Gasteiger partial charge < -0.3 is 15.2 Å². The van der Waals surface area contributed by atoms with E-state index in [1.165, 1.54) is 0 Å². The number of rotatable bonds is 6. The fourth-order valence-corrected chi connectivity index (χ4v) is 2.47. The van der Waals surface area contributed by atoms with E-state index >= 15 is 0 Å². The molecular formula is C13H22N2O5. The molecule has 2 amide bonds. The largest absolute Gasteiger partial charge is 0.481 e. The molecule has 1 saturated carbocycles. The summed E-state index contributed by atoms with van der Waals surface area (Å²) in [5.74, 6) is -1.56. The molecule has 2 atom stereocenters. The maximum absolute atomic E-state index is 11.4. The zero-order chi connectivity index (χ0) is 15.0. The van der Waals surface area contributed by atoms with E-state index in [2.05, 4.69) is 15.4 Å². The normalized spacial score (nSPS) is 22.1. The summed E-state index contributed by atoms with van der Waals surface area (Å²) in [5, 5.41) is 14.1. The van der Waals surface area contributed by atoms with E-state index < -0.39 is 18.0 Å². The number of carbonyl (C=O) groups excluding carboxylic acids is 2. The Balaban J connectivity index is 2.26. The summed E-state index contributed by atoms with van der Waals surface area (Å²) < 4.78 is 4.58. The summed E-state index contributed by atoms with van der Waals surface area (Å²) in [4.78, 5) is 33.5. The van der Waals surface area contributed by atoms with Crippen LogP contribution in [0.15, 0.2) is 0 Å². The second-order valence-corrected chi connectivity index (χ2v) is 4.89. The van der Waals surface area contributed by atoms with Crippen molar-refractivity contribution in [2.75, 3.05) is 19.7 Å². The molecule has 0 saturated heterocycles. The SMILES string of the molecule is CCOC(=O)NC(=O)CNCC1CCCCC1C(=O)O. The number of ether oxygens (including phenoxy) is 1. The molecule has 114 valence electrons. The van der Waals surface area contributed by atoms with Crippen LogP contribution in [-0.2, 0) is 14.3 Å². The van der Waals surface area contributed by atoms with E-state index in [1.54, 1.807) is 6.92 Å². The van der Waals surface area contributed by atoms with Crippen LogP contribution in [0.2, 0.25) is 0 Å². The van der Waals surface area contributed by atoms with E-state index in [1.807, 2.05) is 0 Å². The van der Waals surface area contributed by atoms with Crippen LogP contribution in [0.4, 0.5) is 4.79 Å². The highest BCUT2D eigenvalue weighted by Gasteiger charge is 2.30. The smallest absolute Gasteiger partial charge is 0.413 e. The van der Waals surface area contributed by atoms with Crippen LogP contribution in [0.5, 0.6) is 0 Å². The Morgan fingerprint density at radius 1 is 1.25 bits per heavy atom. The third kappa shape index (κ3) is 5.56. The minimum absolute atomic E-state index is 0.0261. The first-order valence-corrected chi connectivity index (χ1v) is 6.94. The molecule has 7 heteroatoms. The fourth-order valence-electron chi connectivity index (χ4n) is 2.47. The van der Waals surface area contributed by atoms with Gasteiger partial charge in [0.2, 0.25) is 5.91 Å². The zero-order valence-electron chi connectivity index (χ0n) is 11.7. The number of carboxylic acids is 1. The Bertz CT molecular complexity index is 359. The third-order valence-corrected chi connectivity index (χ3v) is 3.44. The summed E-state index contributed by atoms with van der Waals surface area (Å²) in [7, 11) is 0. The number of imide groups is 1. The fraction of sp³-hybridized carbons (Fsp3) is 0.769. The molecule has 0 aromatic heterocycles. The lowest BCUT2D eigenvalue weighted by Crippen LogP contribution is -2.41. The molecule has 0 heterocycles. The Morgan fingerprint density at radius 3 is 2.60 bits per heavy atom. The van der Waals surface area contributed by atoms with Gasteiger partial charge in [-0.25, -0.2) is 4.79 Å². The highest BCUT2D eigenvalue weighted by Crippen LogP contribution is 2.29. The monoisotopic (exact) mass is 286 g/mol. The predicted molar refractivity (Wildman–Crippen MR) is 71.1 cm³/mol. The molecule has 1 aliphatic rings. The van der Waals surface area contributed by atoms with Gasteiger partial charge in [0.05, 0.1) is 19.1 Å². The Kier molecular flexibility index (Phi) is 7.00. The molecule has 3 N–H and O–H groups in total. The lowest BCUT2D eigenvalue weighted by molar-refractivity contribution is -0.144. The van der Waals surface area contributed by atoms with Crippen molar-refractivity contribution < 1.29 is 24.2 Å². The molecule has 0 spiro atoms. The number of alkyl carbamates (subject to hydrolysis) is 1.